The Morgan fingerprint density at radius 3 is 1.88 bits per heavy atom. The van der Waals surface area contributed by atoms with E-state index >= 15 is 0 Å². The fraction of sp³-hybridized carbons (Fsp3) is 0.917. The van der Waals surface area contributed by atoms with Gasteiger partial charge in [-0.2, -0.15) is 0 Å². The lowest BCUT2D eigenvalue weighted by Crippen LogP contribution is -2.29. The van der Waals surface area contributed by atoms with Crippen LogP contribution in [-0.4, -0.2) is 33.5 Å². The molecule has 0 heterocycles. The smallest absolute Gasteiger partial charge is 0.303 e. The molecular formula is C12H26O4. The van der Waals surface area contributed by atoms with E-state index < -0.39 is 18.2 Å². The molecule has 0 spiro atoms. The van der Waals surface area contributed by atoms with Gasteiger partial charge in [0, 0.05) is 6.42 Å². The molecule has 0 aromatic heterocycles. The van der Waals surface area contributed by atoms with E-state index in [4.69, 9.17) is 15.3 Å². The quantitative estimate of drug-likeness (QED) is 0.590. The third kappa shape index (κ3) is 15.8. The molecule has 98 valence electrons. The Bertz CT molecular complexity index is 162. The van der Waals surface area contributed by atoms with E-state index in [9.17, 15) is 4.79 Å². The highest BCUT2D eigenvalue weighted by Crippen LogP contribution is 2.09. The highest BCUT2D eigenvalue weighted by Gasteiger charge is 2.19. The van der Waals surface area contributed by atoms with Crippen molar-refractivity contribution in [2.24, 2.45) is 0 Å². The fourth-order valence-electron chi connectivity index (χ4n) is 0.955. The van der Waals surface area contributed by atoms with Gasteiger partial charge in [-0.25, -0.2) is 0 Å². The number of aliphatic hydroxyl groups excluding tert-OH is 1. The summed E-state index contributed by atoms with van der Waals surface area (Å²) in [6.07, 6.45) is 5.50. The van der Waals surface area contributed by atoms with Crippen molar-refractivity contribution in [1.82, 2.24) is 0 Å². The highest BCUT2D eigenvalue weighted by atomic mass is 16.4. The summed E-state index contributed by atoms with van der Waals surface area (Å²) in [4.78, 5) is 9.97. The van der Waals surface area contributed by atoms with Crippen molar-refractivity contribution < 1.29 is 20.1 Å². The van der Waals surface area contributed by atoms with E-state index in [1.165, 1.54) is 32.6 Å². The van der Waals surface area contributed by atoms with Crippen LogP contribution in [0.2, 0.25) is 0 Å². The molecule has 0 rings (SSSR count). The minimum absolute atomic E-state index is 0.0822. The molecule has 0 fully saturated rings. The molecule has 1 unspecified atom stereocenters. The van der Waals surface area contributed by atoms with Crippen LogP contribution in [0.3, 0.4) is 0 Å². The van der Waals surface area contributed by atoms with Gasteiger partial charge in [0.25, 0.3) is 0 Å². The third-order valence-corrected chi connectivity index (χ3v) is 2.18. The van der Waals surface area contributed by atoms with Crippen LogP contribution in [0.5, 0.6) is 0 Å². The number of hydrogen-bond acceptors (Lipinski definition) is 3. The number of aliphatic hydroxyl groups is 2. The highest BCUT2D eigenvalue weighted by molar-refractivity contribution is 5.66. The molecule has 0 saturated carbocycles. The van der Waals surface area contributed by atoms with E-state index in [1.807, 2.05) is 0 Å². The predicted octanol–water partition coefficient (Wildman–Crippen LogP) is 2.18. The Balaban J connectivity index is 0. The molecule has 1 atom stereocenters. The minimum atomic E-state index is -1.25. The standard InChI is InChI=1S/C6H12O4.C6H14/c1-6(10,4-7)3-2-5(8)9;1-3-5-6-4-2/h7,10H,2-4H2,1H3,(H,8,9);3-6H2,1-2H3. The number of rotatable bonds is 7. The molecule has 0 amide bonds. The van der Waals surface area contributed by atoms with Crippen LogP contribution in [-0.2, 0) is 4.79 Å². The Hall–Kier alpha value is -0.610. The van der Waals surface area contributed by atoms with Crippen molar-refractivity contribution in [2.75, 3.05) is 6.61 Å². The van der Waals surface area contributed by atoms with Crippen LogP contribution >= 0.6 is 0 Å². The van der Waals surface area contributed by atoms with Crippen molar-refractivity contribution in [3.8, 4) is 0 Å². The van der Waals surface area contributed by atoms with Gasteiger partial charge in [0.1, 0.15) is 0 Å². The SMILES string of the molecule is CC(O)(CO)CCC(=O)O.CCCCCC. The first-order chi connectivity index (χ1) is 7.39. The summed E-state index contributed by atoms with van der Waals surface area (Å²) in [6, 6.07) is 0. The van der Waals surface area contributed by atoms with Crippen LogP contribution < -0.4 is 0 Å². The summed E-state index contributed by atoms with van der Waals surface area (Å²) in [5, 5.41) is 25.7. The number of aliphatic carboxylic acids is 1. The summed E-state index contributed by atoms with van der Waals surface area (Å²) in [6.45, 7) is 5.46. The Morgan fingerprint density at radius 1 is 1.19 bits per heavy atom. The Kier molecular flexibility index (Phi) is 12.1. The van der Waals surface area contributed by atoms with E-state index in [0.717, 1.165) is 0 Å². The zero-order valence-corrected chi connectivity index (χ0v) is 10.7. The largest absolute Gasteiger partial charge is 0.481 e. The van der Waals surface area contributed by atoms with Crippen LogP contribution in [0.1, 0.15) is 59.3 Å². The lowest BCUT2D eigenvalue weighted by atomic mass is 10.0. The van der Waals surface area contributed by atoms with Crippen molar-refractivity contribution in [1.29, 1.82) is 0 Å². The number of carboxylic acids is 1. The summed E-state index contributed by atoms with van der Waals surface area (Å²) in [5.41, 5.74) is -1.25. The van der Waals surface area contributed by atoms with Crippen LogP contribution in [0.4, 0.5) is 0 Å². The lowest BCUT2D eigenvalue weighted by Gasteiger charge is -2.18. The van der Waals surface area contributed by atoms with Gasteiger partial charge >= 0.3 is 5.97 Å². The molecule has 3 N–H and O–H groups in total. The molecule has 4 nitrogen and oxygen atoms in total. The summed E-state index contributed by atoms with van der Waals surface area (Å²) in [7, 11) is 0. The average Bonchev–Trinajstić information content (AvgIpc) is 2.25. The topological polar surface area (TPSA) is 77.8 Å². The second kappa shape index (κ2) is 10.9. The van der Waals surface area contributed by atoms with Gasteiger partial charge in [0.2, 0.25) is 0 Å². The Labute approximate surface area is 98.3 Å². The molecule has 0 aliphatic rings. The van der Waals surface area contributed by atoms with Crippen LogP contribution in [0.15, 0.2) is 0 Å². The summed E-state index contributed by atoms with van der Waals surface area (Å²) >= 11 is 0. The molecule has 0 radical (unpaired) electrons. The fourth-order valence-corrected chi connectivity index (χ4v) is 0.955. The van der Waals surface area contributed by atoms with Crippen molar-refractivity contribution in [3.05, 3.63) is 0 Å². The molecule has 0 aromatic carbocycles. The average molecular weight is 234 g/mol. The second-order valence-corrected chi connectivity index (χ2v) is 4.26. The van der Waals surface area contributed by atoms with Gasteiger partial charge in [0.05, 0.1) is 12.2 Å². The second-order valence-electron chi connectivity index (χ2n) is 4.26. The van der Waals surface area contributed by atoms with Gasteiger partial charge in [-0.1, -0.05) is 39.5 Å². The molecule has 0 aliphatic heterocycles. The third-order valence-electron chi connectivity index (χ3n) is 2.18. The number of hydrogen-bond donors (Lipinski definition) is 3. The van der Waals surface area contributed by atoms with Crippen molar-refractivity contribution >= 4 is 5.97 Å². The van der Waals surface area contributed by atoms with E-state index in [0.29, 0.717) is 0 Å². The van der Waals surface area contributed by atoms with Crippen LogP contribution in [0, 0.1) is 0 Å². The molecule has 0 aliphatic carbocycles. The molecule has 0 aromatic rings. The van der Waals surface area contributed by atoms with E-state index in [2.05, 4.69) is 13.8 Å². The maximum atomic E-state index is 9.97. The van der Waals surface area contributed by atoms with Gasteiger partial charge in [-0.3, -0.25) is 4.79 Å². The first-order valence-electron chi connectivity index (χ1n) is 5.94. The van der Waals surface area contributed by atoms with Gasteiger partial charge in [-0.15, -0.1) is 0 Å². The summed E-state index contributed by atoms with van der Waals surface area (Å²) < 4.78 is 0. The van der Waals surface area contributed by atoms with Crippen molar-refractivity contribution in [2.45, 2.75) is 64.9 Å². The minimum Gasteiger partial charge on any atom is -0.481 e. The normalized spacial score (nSPS) is 13.6. The molecule has 0 bridgehead atoms. The molecule has 4 heteroatoms. The van der Waals surface area contributed by atoms with E-state index in [-0.39, 0.29) is 12.8 Å². The monoisotopic (exact) mass is 234 g/mol. The first kappa shape index (κ1) is 17.8. The number of unbranched alkanes of at least 4 members (excludes halogenated alkanes) is 3. The summed E-state index contributed by atoms with van der Waals surface area (Å²) in [5.74, 6) is -0.964. The number of carbonyl (C=O) groups is 1. The number of carboxylic acid groups (broad SMARTS) is 1. The first-order valence-corrected chi connectivity index (χ1v) is 5.94. The Morgan fingerprint density at radius 2 is 1.62 bits per heavy atom. The van der Waals surface area contributed by atoms with Gasteiger partial charge in [-0.05, 0) is 13.3 Å². The predicted molar refractivity (Wildman–Crippen MR) is 64.4 cm³/mol. The maximum Gasteiger partial charge on any atom is 0.303 e. The van der Waals surface area contributed by atoms with E-state index in [1.54, 1.807) is 0 Å². The molecule has 16 heavy (non-hydrogen) atoms. The van der Waals surface area contributed by atoms with Gasteiger partial charge in [0.15, 0.2) is 0 Å². The lowest BCUT2D eigenvalue weighted by molar-refractivity contribution is -0.138. The maximum absolute atomic E-state index is 9.97. The molecule has 0 saturated heterocycles. The van der Waals surface area contributed by atoms with Crippen LogP contribution in [0.25, 0.3) is 0 Å². The zero-order chi connectivity index (χ0) is 13.0. The molecular weight excluding hydrogens is 208 g/mol. The zero-order valence-electron chi connectivity index (χ0n) is 10.7. The van der Waals surface area contributed by atoms with Gasteiger partial charge < -0.3 is 15.3 Å². The van der Waals surface area contributed by atoms with Crippen molar-refractivity contribution in [3.63, 3.8) is 0 Å².